The van der Waals surface area contributed by atoms with Crippen LogP contribution in [0.1, 0.15) is 57.8 Å². The molecule has 0 spiro atoms. The maximum atomic E-state index is 5.41. The Morgan fingerprint density at radius 1 is 0.812 bits per heavy atom. The molecule has 0 bridgehead atoms. The van der Waals surface area contributed by atoms with Crippen molar-refractivity contribution in [3.63, 3.8) is 0 Å². The molecule has 0 amide bonds. The van der Waals surface area contributed by atoms with Gasteiger partial charge in [0.2, 0.25) is 0 Å². The van der Waals surface area contributed by atoms with E-state index in [1.165, 1.54) is 51.4 Å². The molecule has 16 heavy (non-hydrogen) atoms. The Kier molecular flexibility index (Phi) is 14.3. The molecule has 0 aliphatic carbocycles. The van der Waals surface area contributed by atoms with Crippen molar-refractivity contribution < 1.29 is 0 Å². The number of nitrogens with two attached hydrogens (primary N) is 1. The highest BCUT2D eigenvalue weighted by molar-refractivity contribution is 4.65. The highest BCUT2D eigenvalue weighted by atomic mass is 14.8. The van der Waals surface area contributed by atoms with Gasteiger partial charge in [0.05, 0.1) is 0 Å². The molecule has 0 saturated heterocycles. The van der Waals surface area contributed by atoms with Crippen LogP contribution in [0.15, 0.2) is 12.7 Å². The molecular weight excluding hydrogens is 196 g/mol. The SMILES string of the molecule is C=CCCCCCCCCCNCCCN. The van der Waals surface area contributed by atoms with Gasteiger partial charge in [0.15, 0.2) is 0 Å². The van der Waals surface area contributed by atoms with Crippen molar-refractivity contribution in [3.05, 3.63) is 12.7 Å². The Hall–Kier alpha value is -0.340. The van der Waals surface area contributed by atoms with Crippen molar-refractivity contribution in [3.8, 4) is 0 Å². The summed E-state index contributed by atoms with van der Waals surface area (Å²) >= 11 is 0. The third kappa shape index (κ3) is 13.7. The molecule has 2 heteroatoms. The van der Waals surface area contributed by atoms with E-state index in [0.717, 1.165) is 26.1 Å². The summed E-state index contributed by atoms with van der Waals surface area (Å²) in [5.41, 5.74) is 5.41. The van der Waals surface area contributed by atoms with E-state index in [2.05, 4.69) is 11.9 Å². The van der Waals surface area contributed by atoms with Crippen molar-refractivity contribution in [2.24, 2.45) is 5.73 Å². The second-order valence-electron chi connectivity index (χ2n) is 4.44. The van der Waals surface area contributed by atoms with Crippen LogP contribution in [0.25, 0.3) is 0 Å². The van der Waals surface area contributed by atoms with Crippen LogP contribution in [0.2, 0.25) is 0 Å². The lowest BCUT2D eigenvalue weighted by molar-refractivity contribution is 0.555. The molecule has 0 saturated carbocycles. The van der Waals surface area contributed by atoms with Gasteiger partial charge in [-0.05, 0) is 45.3 Å². The van der Waals surface area contributed by atoms with Gasteiger partial charge >= 0.3 is 0 Å². The number of allylic oxidation sites excluding steroid dienone is 1. The van der Waals surface area contributed by atoms with Gasteiger partial charge in [-0.2, -0.15) is 0 Å². The van der Waals surface area contributed by atoms with Crippen LogP contribution < -0.4 is 11.1 Å². The lowest BCUT2D eigenvalue weighted by Gasteiger charge is -2.03. The molecule has 96 valence electrons. The van der Waals surface area contributed by atoms with Crippen LogP contribution in [-0.4, -0.2) is 19.6 Å². The molecule has 0 heterocycles. The van der Waals surface area contributed by atoms with Crippen molar-refractivity contribution in [1.29, 1.82) is 0 Å². The molecule has 0 aliphatic rings. The summed E-state index contributed by atoms with van der Waals surface area (Å²) in [6, 6.07) is 0. The molecule has 3 N–H and O–H groups in total. The first-order valence-corrected chi connectivity index (χ1v) is 6.93. The van der Waals surface area contributed by atoms with Gasteiger partial charge in [-0.1, -0.05) is 38.2 Å². The number of unbranched alkanes of at least 4 members (excludes halogenated alkanes) is 7. The quantitative estimate of drug-likeness (QED) is 0.374. The number of hydrogen-bond donors (Lipinski definition) is 2. The number of rotatable bonds is 13. The summed E-state index contributed by atoms with van der Waals surface area (Å²) in [5.74, 6) is 0. The van der Waals surface area contributed by atoms with E-state index in [1.54, 1.807) is 0 Å². The van der Waals surface area contributed by atoms with Gasteiger partial charge in [-0.25, -0.2) is 0 Å². The Balaban J connectivity index is 2.85. The lowest BCUT2D eigenvalue weighted by Crippen LogP contribution is -2.19. The van der Waals surface area contributed by atoms with Crippen LogP contribution in [0, 0.1) is 0 Å². The number of nitrogens with one attached hydrogen (secondary N) is 1. The van der Waals surface area contributed by atoms with Crippen LogP contribution in [0.5, 0.6) is 0 Å². The molecule has 0 aromatic rings. The minimum atomic E-state index is 0.803. The first-order chi connectivity index (χ1) is 7.91. The van der Waals surface area contributed by atoms with Crippen LogP contribution >= 0.6 is 0 Å². The summed E-state index contributed by atoms with van der Waals surface area (Å²) in [6.07, 6.45) is 13.9. The first-order valence-electron chi connectivity index (χ1n) is 6.93. The summed E-state index contributed by atoms with van der Waals surface area (Å²) in [5, 5.41) is 3.41. The minimum Gasteiger partial charge on any atom is -0.330 e. The normalized spacial score (nSPS) is 10.6. The second kappa shape index (κ2) is 14.7. The standard InChI is InChI=1S/C14H30N2/c1-2-3-4-5-6-7-8-9-10-13-16-14-11-12-15/h2,16H,1,3-15H2. The Morgan fingerprint density at radius 3 is 2.00 bits per heavy atom. The topological polar surface area (TPSA) is 38.0 Å². The molecule has 0 aromatic carbocycles. The maximum Gasteiger partial charge on any atom is -0.00369 e. The Morgan fingerprint density at radius 2 is 1.38 bits per heavy atom. The van der Waals surface area contributed by atoms with E-state index in [9.17, 15) is 0 Å². The van der Waals surface area contributed by atoms with Gasteiger partial charge in [0.25, 0.3) is 0 Å². The zero-order chi connectivity index (χ0) is 11.9. The van der Waals surface area contributed by atoms with E-state index in [4.69, 9.17) is 5.73 Å². The van der Waals surface area contributed by atoms with Crippen LogP contribution in [0.4, 0.5) is 0 Å². The molecule has 0 aromatic heterocycles. The van der Waals surface area contributed by atoms with Crippen molar-refractivity contribution in [2.75, 3.05) is 19.6 Å². The van der Waals surface area contributed by atoms with Crippen LogP contribution in [-0.2, 0) is 0 Å². The Bertz CT molecular complexity index is 135. The van der Waals surface area contributed by atoms with Gasteiger partial charge in [-0.3, -0.25) is 0 Å². The largest absolute Gasteiger partial charge is 0.330 e. The lowest BCUT2D eigenvalue weighted by atomic mass is 10.1. The molecule has 0 atom stereocenters. The van der Waals surface area contributed by atoms with E-state index < -0.39 is 0 Å². The van der Waals surface area contributed by atoms with E-state index in [-0.39, 0.29) is 0 Å². The molecule has 0 radical (unpaired) electrons. The fourth-order valence-electron chi connectivity index (χ4n) is 1.77. The van der Waals surface area contributed by atoms with Crippen molar-refractivity contribution >= 4 is 0 Å². The zero-order valence-electron chi connectivity index (χ0n) is 10.8. The van der Waals surface area contributed by atoms with Gasteiger partial charge in [0, 0.05) is 0 Å². The predicted molar refractivity (Wildman–Crippen MR) is 73.7 cm³/mol. The predicted octanol–water partition coefficient (Wildman–Crippen LogP) is 3.23. The summed E-state index contributed by atoms with van der Waals surface area (Å²) in [6.45, 7) is 6.78. The molecule has 0 unspecified atom stereocenters. The molecular formula is C14H30N2. The highest BCUT2D eigenvalue weighted by Gasteiger charge is 1.91. The number of hydrogen-bond acceptors (Lipinski definition) is 2. The molecule has 0 rings (SSSR count). The van der Waals surface area contributed by atoms with Crippen molar-refractivity contribution in [1.82, 2.24) is 5.32 Å². The smallest absolute Gasteiger partial charge is 0.00369 e. The van der Waals surface area contributed by atoms with E-state index in [0.29, 0.717) is 0 Å². The van der Waals surface area contributed by atoms with Gasteiger partial charge in [-0.15, -0.1) is 6.58 Å². The van der Waals surface area contributed by atoms with Crippen LogP contribution in [0.3, 0.4) is 0 Å². The van der Waals surface area contributed by atoms with Gasteiger partial charge < -0.3 is 11.1 Å². The summed E-state index contributed by atoms with van der Waals surface area (Å²) in [7, 11) is 0. The van der Waals surface area contributed by atoms with Gasteiger partial charge in [0.1, 0.15) is 0 Å². The minimum absolute atomic E-state index is 0.803. The third-order valence-corrected chi connectivity index (χ3v) is 2.82. The maximum absolute atomic E-state index is 5.41. The highest BCUT2D eigenvalue weighted by Crippen LogP contribution is 2.08. The molecule has 2 nitrogen and oxygen atoms in total. The fourth-order valence-corrected chi connectivity index (χ4v) is 1.77. The average Bonchev–Trinajstić information content (AvgIpc) is 2.31. The Labute approximate surface area is 102 Å². The van der Waals surface area contributed by atoms with E-state index >= 15 is 0 Å². The zero-order valence-corrected chi connectivity index (χ0v) is 10.8. The molecule has 0 fully saturated rings. The summed E-state index contributed by atoms with van der Waals surface area (Å²) < 4.78 is 0. The second-order valence-corrected chi connectivity index (χ2v) is 4.44. The third-order valence-electron chi connectivity index (χ3n) is 2.82. The average molecular weight is 226 g/mol. The van der Waals surface area contributed by atoms with E-state index in [1.807, 2.05) is 6.08 Å². The first kappa shape index (κ1) is 15.7. The van der Waals surface area contributed by atoms with Crippen molar-refractivity contribution in [2.45, 2.75) is 57.8 Å². The fraction of sp³-hybridized carbons (Fsp3) is 0.857. The molecule has 0 aliphatic heterocycles. The summed E-state index contributed by atoms with van der Waals surface area (Å²) in [4.78, 5) is 0. The monoisotopic (exact) mass is 226 g/mol.